The van der Waals surface area contributed by atoms with E-state index in [0.29, 0.717) is 6.61 Å². The smallest absolute Gasteiger partial charge is 0.0884 e. The van der Waals surface area contributed by atoms with E-state index in [-0.39, 0.29) is 0 Å². The van der Waals surface area contributed by atoms with Gasteiger partial charge in [0.05, 0.1) is 12.3 Å². The molecule has 1 rings (SSSR count). The van der Waals surface area contributed by atoms with Crippen LogP contribution in [-0.4, -0.2) is 12.1 Å². The fourth-order valence-electron chi connectivity index (χ4n) is 0.650. The van der Waals surface area contributed by atoms with Crippen molar-refractivity contribution in [2.45, 2.75) is 11.5 Å². The summed E-state index contributed by atoms with van der Waals surface area (Å²) in [4.78, 5) is 4.94. The number of thiol groups is 1. The van der Waals surface area contributed by atoms with E-state index in [2.05, 4.69) is 17.6 Å². The molecular formula is C7H9NOS. The molecule has 0 bridgehead atoms. The van der Waals surface area contributed by atoms with E-state index in [1.165, 1.54) is 0 Å². The van der Waals surface area contributed by atoms with Crippen LogP contribution in [-0.2, 0) is 11.3 Å². The lowest BCUT2D eigenvalue weighted by Crippen LogP contribution is -1.90. The Morgan fingerprint density at radius 2 is 2.40 bits per heavy atom. The van der Waals surface area contributed by atoms with Gasteiger partial charge in [-0.3, -0.25) is 4.98 Å². The number of methoxy groups -OCH3 is 1. The third kappa shape index (κ3) is 2.01. The molecule has 0 saturated heterocycles. The lowest BCUT2D eigenvalue weighted by molar-refractivity contribution is 0.181. The highest BCUT2D eigenvalue weighted by Crippen LogP contribution is 2.04. The van der Waals surface area contributed by atoms with Crippen molar-refractivity contribution in [3.63, 3.8) is 0 Å². The van der Waals surface area contributed by atoms with E-state index in [9.17, 15) is 0 Å². The van der Waals surface area contributed by atoms with Crippen molar-refractivity contribution < 1.29 is 4.74 Å². The highest BCUT2D eigenvalue weighted by Gasteiger charge is 1.90. The molecule has 0 N–H and O–H groups in total. The van der Waals surface area contributed by atoms with Crippen LogP contribution in [0, 0.1) is 0 Å². The Kier molecular flexibility index (Phi) is 2.71. The summed E-state index contributed by atoms with van der Waals surface area (Å²) >= 11 is 4.10. The summed E-state index contributed by atoms with van der Waals surface area (Å²) in [6, 6.07) is 3.79. The van der Waals surface area contributed by atoms with E-state index in [1.54, 1.807) is 13.3 Å². The van der Waals surface area contributed by atoms with Crippen LogP contribution in [0.4, 0.5) is 0 Å². The average Bonchev–Trinajstić information content (AvgIpc) is 1.95. The van der Waals surface area contributed by atoms with E-state index < -0.39 is 0 Å². The molecule has 0 atom stereocenters. The highest BCUT2D eigenvalue weighted by molar-refractivity contribution is 7.80. The maximum atomic E-state index is 4.88. The minimum Gasteiger partial charge on any atom is -0.378 e. The molecule has 1 aromatic heterocycles. The highest BCUT2D eigenvalue weighted by atomic mass is 32.1. The van der Waals surface area contributed by atoms with Crippen molar-refractivity contribution in [2.75, 3.05) is 7.11 Å². The molecule has 0 aromatic carbocycles. The fourth-order valence-corrected chi connectivity index (χ4v) is 0.782. The molecule has 0 amide bonds. The SMILES string of the molecule is COCc1ccc(S)cn1. The van der Waals surface area contributed by atoms with Gasteiger partial charge >= 0.3 is 0 Å². The molecule has 0 spiro atoms. The second kappa shape index (κ2) is 3.58. The van der Waals surface area contributed by atoms with E-state index >= 15 is 0 Å². The topological polar surface area (TPSA) is 22.1 Å². The normalized spacial score (nSPS) is 9.80. The van der Waals surface area contributed by atoms with Crippen molar-refractivity contribution in [1.82, 2.24) is 4.98 Å². The molecule has 0 unspecified atom stereocenters. The minimum atomic E-state index is 0.564. The number of hydrogen-bond donors (Lipinski definition) is 1. The van der Waals surface area contributed by atoms with Crippen molar-refractivity contribution in [1.29, 1.82) is 0 Å². The van der Waals surface area contributed by atoms with Crippen LogP contribution in [0.3, 0.4) is 0 Å². The van der Waals surface area contributed by atoms with Crippen LogP contribution < -0.4 is 0 Å². The lowest BCUT2D eigenvalue weighted by Gasteiger charge is -1.96. The van der Waals surface area contributed by atoms with Gasteiger partial charge in [-0.2, -0.15) is 0 Å². The van der Waals surface area contributed by atoms with Gasteiger partial charge in [0.1, 0.15) is 0 Å². The zero-order valence-electron chi connectivity index (χ0n) is 5.74. The predicted molar refractivity (Wildman–Crippen MR) is 42.2 cm³/mol. The van der Waals surface area contributed by atoms with E-state index in [4.69, 9.17) is 4.74 Å². The van der Waals surface area contributed by atoms with Crippen molar-refractivity contribution in [3.05, 3.63) is 24.0 Å². The summed E-state index contributed by atoms with van der Waals surface area (Å²) in [5.41, 5.74) is 0.931. The number of hydrogen-bond acceptors (Lipinski definition) is 3. The molecule has 54 valence electrons. The van der Waals surface area contributed by atoms with Gasteiger partial charge in [-0.25, -0.2) is 0 Å². The lowest BCUT2D eigenvalue weighted by atomic mass is 10.4. The van der Waals surface area contributed by atoms with Crippen LogP contribution in [0.2, 0.25) is 0 Å². The quantitative estimate of drug-likeness (QED) is 0.654. The fraction of sp³-hybridized carbons (Fsp3) is 0.286. The molecule has 0 aliphatic heterocycles. The van der Waals surface area contributed by atoms with Crippen LogP contribution in [0.25, 0.3) is 0 Å². The zero-order valence-corrected chi connectivity index (χ0v) is 6.64. The van der Waals surface area contributed by atoms with Crippen molar-refractivity contribution in [2.24, 2.45) is 0 Å². The molecule has 10 heavy (non-hydrogen) atoms. The first-order chi connectivity index (χ1) is 4.83. The number of pyridine rings is 1. The molecule has 0 aliphatic rings. The Hall–Kier alpha value is -0.540. The van der Waals surface area contributed by atoms with E-state index in [1.807, 2.05) is 12.1 Å². The Morgan fingerprint density at radius 3 is 2.90 bits per heavy atom. The number of rotatable bonds is 2. The Bertz CT molecular complexity index is 197. The van der Waals surface area contributed by atoms with Crippen molar-refractivity contribution >= 4 is 12.6 Å². The molecule has 0 radical (unpaired) electrons. The largest absolute Gasteiger partial charge is 0.378 e. The Morgan fingerprint density at radius 1 is 1.60 bits per heavy atom. The standard InChI is InChI=1S/C7H9NOS/c1-9-5-6-2-3-7(10)4-8-6/h2-4,10H,5H2,1H3. The summed E-state index contributed by atoms with van der Waals surface area (Å²) < 4.78 is 4.88. The first-order valence-electron chi connectivity index (χ1n) is 2.96. The van der Waals surface area contributed by atoms with E-state index in [0.717, 1.165) is 10.6 Å². The predicted octanol–water partition coefficient (Wildman–Crippen LogP) is 1.52. The molecule has 2 nitrogen and oxygen atoms in total. The maximum absolute atomic E-state index is 4.88. The monoisotopic (exact) mass is 155 g/mol. The number of nitrogens with zero attached hydrogens (tertiary/aromatic N) is 1. The minimum absolute atomic E-state index is 0.564. The molecule has 3 heteroatoms. The number of ether oxygens (including phenoxy) is 1. The molecular weight excluding hydrogens is 146 g/mol. The first-order valence-corrected chi connectivity index (χ1v) is 3.40. The van der Waals surface area contributed by atoms with Crippen LogP contribution in [0.5, 0.6) is 0 Å². The summed E-state index contributed by atoms with van der Waals surface area (Å²) in [5, 5.41) is 0. The zero-order chi connectivity index (χ0) is 7.40. The molecule has 0 saturated carbocycles. The Labute approximate surface area is 65.6 Å². The first kappa shape index (κ1) is 7.57. The van der Waals surface area contributed by atoms with Gasteiger partial charge in [0, 0.05) is 18.2 Å². The summed E-state index contributed by atoms with van der Waals surface area (Å²) in [6.45, 7) is 0.564. The number of aromatic nitrogens is 1. The second-order valence-electron chi connectivity index (χ2n) is 1.94. The van der Waals surface area contributed by atoms with Gasteiger partial charge in [0.25, 0.3) is 0 Å². The van der Waals surface area contributed by atoms with Crippen LogP contribution in [0.15, 0.2) is 23.2 Å². The third-order valence-electron chi connectivity index (χ3n) is 1.10. The van der Waals surface area contributed by atoms with Gasteiger partial charge in [-0.05, 0) is 12.1 Å². The third-order valence-corrected chi connectivity index (χ3v) is 1.37. The summed E-state index contributed by atoms with van der Waals surface area (Å²) in [7, 11) is 1.65. The van der Waals surface area contributed by atoms with Crippen LogP contribution >= 0.6 is 12.6 Å². The van der Waals surface area contributed by atoms with Crippen molar-refractivity contribution in [3.8, 4) is 0 Å². The average molecular weight is 155 g/mol. The van der Waals surface area contributed by atoms with Gasteiger partial charge in [-0.1, -0.05) is 0 Å². The van der Waals surface area contributed by atoms with Crippen LogP contribution in [0.1, 0.15) is 5.69 Å². The summed E-state index contributed by atoms with van der Waals surface area (Å²) in [5.74, 6) is 0. The van der Waals surface area contributed by atoms with Gasteiger partial charge in [0.2, 0.25) is 0 Å². The second-order valence-corrected chi connectivity index (χ2v) is 2.46. The molecule has 1 heterocycles. The van der Waals surface area contributed by atoms with Gasteiger partial charge < -0.3 is 4.74 Å². The maximum Gasteiger partial charge on any atom is 0.0884 e. The Balaban J connectivity index is 2.69. The summed E-state index contributed by atoms with van der Waals surface area (Å²) in [6.07, 6.45) is 1.71. The molecule has 0 aliphatic carbocycles. The van der Waals surface area contributed by atoms with Gasteiger partial charge in [-0.15, -0.1) is 12.6 Å². The van der Waals surface area contributed by atoms with Gasteiger partial charge in [0.15, 0.2) is 0 Å². The molecule has 1 aromatic rings. The molecule has 0 fully saturated rings.